The zero-order valence-corrected chi connectivity index (χ0v) is 25.4. The molecule has 3 amide bonds. The quantitative estimate of drug-likeness (QED) is 0.0917. The lowest BCUT2D eigenvalue weighted by molar-refractivity contribution is -0.333. The Balaban J connectivity index is 1.83. The van der Waals surface area contributed by atoms with E-state index in [1.165, 1.54) is 13.8 Å². The monoisotopic (exact) mass is 669 g/mol. The Morgan fingerprint density at radius 3 is 2.00 bits per heavy atom. The summed E-state index contributed by atoms with van der Waals surface area (Å²) in [5, 5.41) is 91.0. The number of aliphatic hydroxyl groups is 8. The second kappa shape index (κ2) is 16.8. The van der Waals surface area contributed by atoms with Gasteiger partial charge in [0.15, 0.2) is 12.6 Å². The molecule has 1 saturated carbocycles. The maximum absolute atomic E-state index is 12.9. The molecule has 15 N–H and O–H groups in total. The van der Waals surface area contributed by atoms with Crippen LogP contribution in [0.15, 0.2) is 0 Å². The van der Waals surface area contributed by atoms with Crippen LogP contribution in [0.3, 0.4) is 0 Å². The number of carbonyl (C=O) groups is 3. The predicted octanol–water partition coefficient (Wildman–Crippen LogP) is -8.07. The van der Waals surface area contributed by atoms with Crippen LogP contribution in [0.4, 0.5) is 0 Å². The average molecular weight is 670 g/mol. The largest absolute Gasteiger partial charge is 0.394 e. The number of nitrogens with two attached hydrogens (primary N) is 2. The van der Waals surface area contributed by atoms with E-state index in [-0.39, 0.29) is 31.8 Å². The van der Waals surface area contributed by atoms with Crippen molar-refractivity contribution in [2.45, 2.75) is 125 Å². The predicted molar refractivity (Wildman–Crippen MR) is 151 cm³/mol. The fourth-order valence-electron chi connectivity index (χ4n) is 5.51. The number of hydrogen-bond acceptors (Lipinski definition) is 17. The molecular formula is C26H47N5O15. The fourth-order valence-corrected chi connectivity index (χ4v) is 5.51. The summed E-state index contributed by atoms with van der Waals surface area (Å²) in [6.45, 7) is 1.47. The van der Waals surface area contributed by atoms with Gasteiger partial charge in [-0.05, 0) is 12.8 Å². The Morgan fingerprint density at radius 2 is 1.39 bits per heavy atom. The number of nitrogens with one attached hydrogen (secondary N) is 3. The van der Waals surface area contributed by atoms with Gasteiger partial charge in [-0.25, -0.2) is 0 Å². The molecule has 2 heterocycles. The van der Waals surface area contributed by atoms with Crippen LogP contribution in [0.5, 0.6) is 0 Å². The molecule has 0 aromatic rings. The highest BCUT2D eigenvalue weighted by atomic mass is 16.7. The fraction of sp³-hybridized carbons (Fsp3) is 0.885. The number of aliphatic hydroxyl groups excluding tert-OH is 8. The molecule has 16 atom stereocenters. The summed E-state index contributed by atoms with van der Waals surface area (Å²) in [6.07, 6.45) is -21.1. The molecule has 3 rings (SSSR count). The lowest BCUT2D eigenvalue weighted by atomic mass is 9.83. The van der Waals surface area contributed by atoms with Gasteiger partial charge in [-0.3, -0.25) is 14.4 Å². The molecule has 20 heteroatoms. The van der Waals surface area contributed by atoms with Crippen molar-refractivity contribution in [3.63, 3.8) is 0 Å². The molecule has 0 spiro atoms. The van der Waals surface area contributed by atoms with Crippen LogP contribution in [0.2, 0.25) is 0 Å². The Kier molecular flexibility index (Phi) is 14.0. The van der Waals surface area contributed by atoms with Crippen molar-refractivity contribution in [3.05, 3.63) is 0 Å². The lowest BCUT2D eigenvalue weighted by Crippen LogP contribution is -2.69. The zero-order valence-electron chi connectivity index (χ0n) is 25.4. The van der Waals surface area contributed by atoms with Gasteiger partial charge < -0.3 is 87.2 Å². The summed E-state index contributed by atoms with van der Waals surface area (Å²) < 4.78 is 22.8. The summed E-state index contributed by atoms with van der Waals surface area (Å²) in [6, 6.07) is -3.66. The van der Waals surface area contributed by atoms with Gasteiger partial charge >= 0.3 is 0 Å². The summed E-state index contributed by atoms with van der Waals surface area (Å²) >= 11 is 0. The van der Waals surface area contributed by atoms with Crippen LogP contribution in [0.1, 0.15) is 26.7 Å². The van der Waals surface area contributed by atoms with Crippen molar-refractivity contribution in [2.24, 2.45) is 11.5 Å². The molecular weight excluding hydrogens is 622 g/mol. The summed E-state index contributed by atoms with van der Waals surface area (Å²) in [7, 11) is 0. The van der Waals surface area contributed by atoms with E-state index < -0.39 is 116 Å². The normalized spacial score (nSPS) is 42.1. The van der Waals surface area contributed by atoms with Crippen LogP contribution in [0.25, 0.3) is 0 Å². The standard InChI is InChI=1S/C26H47N5O15/c1-8(33)29-4-3-12(35)24(42)31-11-5-10(27)22(45-26-20(40)19(39)17(37)13(43-26)6-30-9(2)34)21(41)23(11)46-25-18(38)15(28)16(36)14(7-32)44-25/h10-23,25-26,32,35-41H,3-7,27-28H2,1-2H3,(H,29,33)(H,30,34)(H,31,42)/t10-,11+,12-,13+,14+,15-,16+,17+,18+,19-,20+,21-,22+,23-,25+,26+/m0/s1. The molecule has 0 aromatic heterocycles. The second-order valence-electron chi connectivity index (χ2n) is 11.7. The lowest BCUT2D eigenvalue weighted by Gasteiger charge is -2.49. The highest BCUT2D eigenvalue weighted by molar-refractivity contribution is 5.81. The van der Waals surface area contributed by atoms with Crippen LogP contribution in [-0.4, -0.2) is 176 Å². The zero-order chi connectivity index (χ0) is 34.5. The molecule has 3 fully saturated rings. The number of carbonyl (C=O) groups excluding carboxylic acids is 3. The van der Waals surface area contributed by atoms with E-state index in [1.807, 2.05) is 0 Å². The molecule has 46 heavy (non-hydrogen) atoms. The van der Waals surface area contributed by atoms with E-state index in [4.69, 9.17) is 30.4 Å². The Labute approximate surface area is 263 Å². The van der Waals surface area contributed by atoms with Crippen LogP contribution >= 0.6 is 0 Å². The Morgan fingerprint density at radius 1 is 0.804 bits per heavy atom. The van der Waals surface area contributed by atoms with Crippen molar-refractivity contribution in [3.8, 4) is 0 Å². The second-order valence-corrected chi connectivity index (χ2v) is 11.7. The van der Waals surface area contributed by atoms with Gasteiger partial charge in [0.2, 0.25) is 17.7 Å². The van der Waals surface area contributed by atoms with Gasteiger partial charge in [0.1, 0.15) is 67.1 Å². The van der Waals surface area contributed by atoms with Crippen molar-refractivity contribution in [1.82, 2.24) is 16.0 Å². The summed E-state index contributed by atoms with van der Waals surface area (Å²) in [5.74, 6) is -1.76. The van der Waals surface area contributed by atoms with Gasteiger partial charge in [-0.1, -0.05) is 0 Å². The number of hydrogen-bond donors (Lipinski definition) is 13. The third-order valence-corrected chi connectivity index (χ3v) is 8.18. The Hall–Kier alpha value is -2.15. The molecule has 266 valence electrons. The van der Waals surface area contributed by atoms with Crippen LogP contribution < -0.4 is 27.4 Å². The first-order valence-electron chi connectivity index (χ1n) is 14.9. The van der Waals surface area contributed by atoms with E-state index >= 15 is 0 Å². The molecule has 0 unspecified atom stereocenters. The van der Waals surface area contributed by atoms with Gasteiger partial charge in [-0.2, -0.15) is 0 Å². The highest BCUT2D eigenvalue weighted by Crippen LogP contribution is 2.32. The molecule has 3 aliphatic rings. The van der Waals surface area contributed by atoms with Crippen LogP contribution in [0, 0.1) is 0 Å². The van der Waals surface area contributed by atoms with Gasteiger partial charge in [0.25, 0.3) is 0 Å². The first-order chi connectivity index (χ1) is 21.6. The molecule has 0 aromatic carbocycles. The molecule has 0 radical (unpaired) electrons. The van der Waals surface area contributed by atoms with E-state index in [2.05, 4.69) is 16.0 Å². The first kappa shape index (κ1) is 38.3. The first-order valence-corrected chi connectivity index (χ1v) is 14.9. The topological polar surface area (TPSA) is 338 Å². The van der Waals surface area contributed by atoms with Gasteiger partial charge in [-0.15, -0.1) is 0 Å². The Bertz CT molecular complexity index is 1030. The number of ether oxygens (including phenoxy) is 4. The maximum atomic E-state index is 12.9. The minimum Gasteiger partial charge on any atom is -0.394 e. The smallest absolute Gasteiger partial charge is 0.249 e. The van der Waals surface area contributed by atoms with Gasteiger partial charge in [0.05, 0.1) is 18.7 Å². The van der Waals surface area contributed by atoms with Crippen molar-refractivity contribution in [2.75, 3.05) is 19.7 Å². The van der Waals surface area contributed by atoms with E-state index in [0.717, 1.165) is 0 Å². The third kappa shape index (κ3) is 9.26. The molecule has 1 aliphatic carbocycles. The average Bonchev–Trinajstić information content (AvgIpc) is 2.99. The summed E-state index contributed by atoms with van der Waals surface area (Å²) in [5.41, 5.74) is 12.2. The summed E-state index contributed by atoms with van der Waals surface area (Å²) in [4.78, 5) is 35.4. The van der Waals surface area contributed by atoms with Crippen LogP contribution in [-0.2, 0) is 33.3 Å². The minimum absolute atomic E-state index is 0.0232. The van der Waals surface area contributed by atoms with E-state index in [0.29, 0.717) is 0 Å². The van der Waals surface area contributed by atoms with Crippen molar-refractivity contribution < 1.29 is 74.2 Å². The number of rotatable bonds is 12. The highest BCUT2D eigenvalue weighted by Gasteiger charge is 2.52. The van der Waals surface area contributed by atoms with Crippen molar-refractivity contribution >= 4 is 17.7 Å². The third-order valence-electron chi connectivity index (χ3n) is 8.18. The molecule has 2 saturated heterocycles. The SMILES string of the molecule is CC(=O)NCC[C@H](O)C(=O)N[C@@H]1C[C@H](N)[C@@H](O[C@H]2O[C@H](CNC(C)=O)[C@@H](O)[C@H](O)[C@H]2O)[C@H](O)[C@H]1O[C@H]1O[C@H](CO)[C@@H](O)[C@H](N)[C@H]1O. The molecule has 2 aliphatic heterocycles. The minimum atomic E-state index is -1.84. The van der Waals surface area contributed by atoms with E-state index in [9.17, 15) is 55.2 Å². The molecule has 20 nitrogen and oxygen atoms in total. The maximum Gasteiger partial charge on any atom is 0.249 e. The molecule has 0 bridgehead atoms. The number of amides is 3. The van der Waals surface area contributed by atoms with Gasteiger partial charge in [0, 0.05) is 33.0 Å². The van der Waals surface area contributed by atoms with E-state index in [1.54, 1.807) is 0 Å². The van der Waals surface area contributed by atoms with Crippen molar-refractivity contribution in [1.29, 1.82) is 0 Å².